The average Bonchev–Trinajstić information content (AvgIpc) is 3.06. The van der Waals surface area contributed by atoms with Gasteiger partial charge < -0.3 is 14.2 Å². The molecule has 0 saturated carbocycles. The molecule has 4 nitrogen and oxygen atoms in total. The molecule has 4 rings (SSSR count). The topological polar surface area (TPSA) is 30.3 Å². The summed E-state index contributed by atoms with van der Waals surface area (Å²) in [6, 6.07) is 15.1. The molecule has 0 N–H and O–H groups in total. The predicted octanol–water partition coefficient (Wildman–Crippen LogP) is 4.28. The molecular formula is C21H25N3O. The normalized spacial score (nSPS) is 16.6. The molecule has 0 amide bonds. The van der Waals surface area contributed by atoms with Crippen LogP contribution in [-0.2, 0) is 0 Å². The molecule has 130 valence electrons. The van der Waals surface area contributed by atoms with Gasteiger partial charge in [0.05, 0.1) is 5.52 Å². The number of hydrogen-bond acceptors (Lipinski definition) is 3. The quantitative estimate of drug-likeness (QED) is 0.713. The molecule has 2 aromatic heterocycles. The van der Waals surface area contributed by atoms with Gasteiger partial charge in [-0.05, 0) is 63.1 Å². The maximum absolute atomic E-state index is 6.25. The van der Waals surface area contributed by atoms with Gasteiger partial charge in [-0.25, -0.2) is 4.98 Å². The Morgan fingerprint density at radius 1 is 1.08 bits per heavy atom. The molecule has 0 unspecified atom stereocenters. The molecule has 1 saturated heterocycles. The zero-order valence-electron chi connectivity index (χ0n) is 14.9. The minimum Gasteiger partial charge on any atom is -0.490 e. The van der Waals surface area contributed by atoms with Crippen LogP contribution in [0.25, 0.3) is 16.7 Å². The van der Waals surface area contributed by atoms with Crippen molar-refractivity contribution in [2.75, 3.05) is 13.1 Å². The fourth-order valence-electron chi connectivity index (χ4n) is 3.59. The fourth-order valence-corrected chi connectivity index (χ4v) is 3.59. The van der Waals surface area contributed by atoms with Gasteiger partial charge in [0.15, 0.2) is 0 Å². The van der Waals surface area contributed by atoms with E-state index in [-0.39, 0.29) is 0 Å². The minimum absolute atomic E-state index is 0.324. The molecule has 25 heavy (non-hydrogen) atoms. The summed E-state index contributed by atoms with van der Waals surface area (Å²) < 4.78 is 8.37. The van der Waals surface area contributed by atoms with Crippen molar-refractivity contribution in [2.24, 2.45) is 0 Å². The van der Waals surface area contributed by atoms with E-state index in [1.807, 2.05) is 24.4 Å². The zero-order chi connectivity index (χ0) is 17.2. The predicted molar refractivity (Wildman–Crippen MR) is 101 cm³/mol. The Balaban J connectivity index is 1.49. The van der Waals surface area contributed by atoms with Gasteiger partial charge in [-0.2, -0.15) is 0 Å². The van der Waals surface area contributed by atoms with E-state index < -0.39 is 0 Å². The molecule has 0 atom stereocenters. The molecule has 1 fully saturated rings. The standard InChI is InChI=1S/C21H25N3O/c1-16(2)23-12-9-18(10-13-23)25-19-6-7-20-17(15-19)8-14-24(20)21-5-3-4-11-22-21/h3-8,11,14-16,18H,9-10,12-13H2,1-2H3. The highest BCUT2D eigenvalue weighted by molar-refractivity contribution is 5.83. The smallest absolute Gasteiger partial charge is 0.137 e. The maximum atomic E-state index is 6.25. The number of fused-ring (bicyclic) bond motifs is 1. The third-order valence-electron chi connectivity index (χ3n) is 5.07. The Morgan fingerprint density at radius 2 is 1.92 bits per heavy atom. The van der Waals surface area contributed by atoms with Gasteiger partial charge in [0.25, 0.3) is 0 Å². The molecule has 0 bridgehead atoms. The number of pyridine rings is 1. The first-order valence-corrected chi connectivity index (χ1v) is 9.14. The van der Waals surface area contributed by atoms with E-state index in [4.69, 9.17) is 4.74 Å². The summed E-state index contributed by atoms with van der Waals surface area (Å²) in [6.07, 6.45) is 6.42. The number of ether oxygens (including phenoxy) is 1. The van der Waals surface area contributed by atoms with Crippen LogP contribution >= 0.6 is 0 Å². The number of rotatable bonds is 4. The lowest BCUT2D eigenvalue weighted by molar-refractivity contribution is 0.0844. The molecule has 1 aliphatic rings. The molecule has 0 aliphatic carbocycles. The molecule has 1 aliphatic heterocycles. The van der Waals surface area contributed by atoms with E-state index in [1.165, 1.54) is 5.39 Å². The van der Waals surface area contributed by atoms with E-state index in [0.29, 0.717) is 12.1 Å². The summed E-state index contributed by atoms with van der Waals surface area (Å²) >= 11 is 0. The highest BCUT2D eigenvalue weighted by Gasteiger charge is 2.22. The van der Waals surface area contributed by atoms with Crippen LogP contribution < -0.4 is 4.74 Å². The number of aromatic nitrogens is 2. The summed E-state index contributed by atoms with van der Waals surface area (Å²) in [6.45, 7) is 6.78. The summed E-state index contributed by atoms with van der Waals surface area (Å²) in [5.41, 5.74) is 1.15. The first-order chi connectivity index (χ1) is 12.2. The Morgan fingerprint density at radius 3 is 2.64 bits per heavy atom. The average molecular weight is 335 g/mol. The number of piperidine rings is 1. The van der Waals surface area contributed by atoms with Gasteiger partial charge in [0.2, 0.25) is 0 Å². The van der Waals surface area contributed by atoms with Crippen LogP contribution in [0.1, 0.15) is 26.7 Å². The second-order valence-electron chi connectivity index (χ2n) is 7.04. The number of benzene rings is 1. The number of likely N-dealkylation sites (tertiary alicyclic amines) is 1. The third-order valence-corrected chi connectivity index (χ3v) is 5.07. The second kappa shape index (κ2) is 6.89. The lowest BCUT2D eigenvalue weighted by Crippen LogP contribution is -2.41. The van der Waals surface area contributed by atoms with E-state index in [2.05, 4.69) is 58.8 Å². The van der Waals surface area contributed by atoms with E-state index >= 15 is 0 Å². The van der Waals surface area contributed by atoms with Gasteiger partial charge in [-0.1, -0.05) is 6.07 Å². The van der Waals surface area contributed by atoms with E-state index in [0.717, 1.165) is 43.0 Å². The Hall–Kier alpha value is -2.33. The molecule has 0 radical (unpaired) electrons. The first-order valence-electron chi connectivity index (χ1n) is 9.14. The van der Waals surface area contributed by atoms with Crippen LogP contribution in [0.5, 0.6) is 5.75 Å². The van der Waals surface area contributed by atoms with Crippen molar-refractivity contribution in [3.63, 3.8) is 0 Å². The maximum Gasteiger partial charge on any atom is 0.137 e. The molecule has 3 heterocycles. The first kappa shape index (κ1) is 16.2. The Bertz CT molecular complexity index is 833. The summed E-state index contributed by atoms with van der Waals surface area (Å²) in [4.78, 5) is 6.96. The van der Waals surface area contributed by atoms with E-state index in [9.17, 15) is 0 Å². The lowest BCUT2D eigenvalue weighted by Gasteiger charge is -2.34. The molecule has 1 aromatic carbocycles. The minimum atomic E-state index is 0.324. The van der Waals surface area contributed by atoms with Crippen LogP contribution in [-0.4, -0.2) is 39.7 Å². The highest BCUT2D eigenvalue weighted by Crippen LogP contribution is 2.26. The van der Waals surface area contributed by atoms with Crippen LogP contribution in [0.15, 0.2) is 54.9 Å². The number of nitrogens with zero attached hydrogens (tertiary/aromatic N) is 3. The fraction of sp³-hybridized carbons (Fsp3) is 0.381. The van der Waals surface area contributed by atoms with Crippen molar-refractivity contribution in [3.05, 3.63) is 54.9 Å². The van der Waals surface area contributed by atoms with Gasteiger partial charge in [-0.15, -0.1) is 0 Å². The van der Waals surface area contributed by atoms with Crippen molar-refractivity contribution in [3.8, 4) is 11.6 Å². The second-order valence-corrected chi connectivity index (χ2v) is 7.04. The van der Waals surface area contributed by atoms with Crippen LogP contribution in [0.3, 0.4) is 0 Å². The Kier molecular flexibility index (Phi) is 4.45. The van der Waals surface area contributed by atoms with Gasteiger partial charge in [-0.3, -0.25) is 0 Å². The van der Waals surface area contributed by atoms with Gasteiger partial charge >= 0.3 is 0 Å². The monoisotopic (exact) mass is 335 g/mol. The van der Waals surface area contributed by atoms with Crippen LogP contribution in [0.4, 0.5) is 0 Å². The lowest BCUT2D eigenvalue weighted by atomic mass is 10.1. The summed E-state index contributed by atoms with van der Waals surface area (Å²) in [5, 5.41) is 1.18. The Labute approximate surface area is 149 Å². The zero-order valence-corrected chi connectivity index (χ0v) is 14.9. The van der Waals surface area contributed by atoms with Crippen molar-refractivity contribution >= 4 is 10.9 Å². The highest BCUT2D eigenvalue weighted by atomic mass is 16.5. The van der Waals surface area contributed by atoms with Crippen LogP contribution in [0, 0.1) is 0 Å². The van der Waals surface area contributed by atoms with Crippen molar-refractivity contribution in [2.45, 2.75) is 38.8 Å². The van der Waals surface area contributed by atoms with Crippen molar-refractivity contribution in [1.82, 2.24) is 14.5 Å². The SMILES string of the molecule is CC(C)N1CCC(Oc2ccc3c(ccn3-c3ccccn3)c2)CC1. The summed E-state index contributed by atoms with van der Waals surface area (Å²) in [7, 11) is 0. The largest absolute Gasteiger partial charge is 0.490 e. The van der Waals surface area contributed by atoms with Crippen molar-refractivity contribution in [1.29, 1.82) is 0 Å². The van der Waals surface area contributed by atoms with E-state index in [1.54, 1.807) is 0 Å². The molecule has 4 heteroatoms. The molecule has 3 aromatic rings. The van der Waals surface area contributed by atoms with Gasteiger partial charge in [0.1, 0.15) is 17.7 Å². The third kappa shape index (κ3) is 3.40. The molecular weight excluding hydrogens is 310 g/mol. The van der Waals surface area contributed by atoms with Crippen molar-refractivity contribution < 1.29 is 4.74 Å². The van der Waals surface area contributed by atoms with Crippen LogP contribution in [0.2, 0.25) is 0 Å². The molecule has 0 spiro atoms. The number of hydrogen-bond donors (Lipinski definition) is 0. The van der Waals surface area contributed by atoms with Gasteiger partial charge in [0, 0.05) is 36.9 Å². The summed E-state index contributed by atoms with van der Waals surface area (Å²) in [5.74, 6) is 1.90.